The number of carbonyl (C=O) groups excluding carboxylic acids is 1. The second-order valence-electron chi connectivity index (χ2n) is 9.03. The highest BCUT2D eigenvalue weighted by Crippen LogP contribution is 2.52. The first-order chi connectivity index (χ1) is 12.4. The summed E-state index contributed by atoms with van der Waals surface area (Å²) in [5, 5.41) is 9.94. The number of fused-ring (bicyclic) bond motifs is 2. The Balaban J connectivity index is 1.42. The number of nitrogens with zero attached hydrogens (tertiary/aromatic N) is 4. The lowest BCUT2D eigenvalue weighted by molar-refractivity contribution is -0.123. The molecule has 26 heavy (non-hydrogen) atoms. The highest BCUT2D eigenvalue weighted by Gasteiger charge is 2.59. The number of pyridine rings is 1. The fraction of sp³-hybridized carbons (Fsp3) is 0.650. The molecule has 0 bridgehead atoms. The molecule has 2 saturated carbocycles. The van der Waals surface area contributed by atoms with E-state index >= 15 is 0 Å². The Morgan fingerprint density at radius 2 is 1.92 bits per heavy atom. The van der Waals surface area contributed by atoms with Gasteiger partial charge in [0.15, 0.2) is 0 Å². The summed E-state index contributed by atoms with van der Waals surface area (Å²) in [4.78, 5) is 22.0. The van der Waals surface area contributed by atoms with E-state index in [-0.39, 0.29) is 17.5 Å². The zero-order valence-corrected chi connectivity index (χ0v) is 16.8. The van der Waals surface area contributed by atoms with Gasteiger partial charge >= 0.3 is 0 Å². The average molecular weight is 415 g/mol. The molecule has 2 atom stereocenters. The highest BCUT2D eigenvalue weighted by molar-refractivity contribution is 9.10. The van der Waals surface area contributed by atoms with Crippen LogP contribution in [-0.2, 0) is 10.2 Å². The maximum absolute atomic E-state index is 13.1. The minimum Gasteiger partial charge on any atom is -0.306 e. The molecule has 2 aliphatic carbocycles. The molecule has 4 aliphatic rings. The van der Waals surface area contributed by atoms with Crippen LogP contribution >= 0.6 is 15.9 Å². The number of hydrogen-bond acceptors (Lipinski definition) is 4. The van der Waals surface area contributed by atoms with Crippen LogP contribution in [0.1, 0.15) is 45.2 Å². The minimum absolute atomic E-state index is 0.0945. The van der Waals surface area contributed by atoms with Gasteiger partial charge in [-0.25, -0.2) is 0 Å². The van der Waals surface area contributed by atoms with Gasteiger partial charge in [0.05, 0.1) is 22.9 Å². The van der Waals surface area contributed by atoms with E-state index in [9.17, 15) is 10.1 Å². The SMILES string of the molecule is CC1(C)C(=O)N(C2CC(C#N)(N3CC4CC[C@@H]4C3)C2)c2cc(Br)cnc21. The predicted molar refractivity (Wildman–Crippen MR) is 102 cm³/mol. The predicted octanol–water partition coefficient (Wildman–Crippen LogP) is 3.23. The van der Waals surface area contributed by atoms with E-state index in [1.54, 1.807) is 6.20 Å². The Hall–Kier alpha value is -1.45. The minimum atomic E-state index is -0.603. The summed E-state index contributed by atoms with van der Waals surface area (Å²) in [5.41, 5.74) is 0.772. The molecule has 0 radical (unpaired) electrons. The fourth-order valence-corrected chi connectivity index (χ4v) is 5.72. The third kappa shape index (κ3) is 2.05. The molecular weight excluding hydrogens is 392 g/mol. The van der Waals surface area contributed by atoms with Crippen LogP contribution in [0.5, 0.6) is 0 Å². The molecule has 0 N–H and O–H groups in total. The number of aromatic nitrogens is 1. The van der Waals surface area contributed by atoms with Crippen LogP contribution in [0.15, 0.2) is 16.7 Å². The lowest BCUT2D eigenvalue weighted by Gasteiger charge is -2.51. The van der Waals surface area contributed by atoms with Gasteiger partial charge in [-0.1, -0.05) is 0 Å². The van der Waals surface area contributed by atoms with Gasteiger partial charge in [0.2, 0.25) is 5.91 Å². The number of carbonyl (C=O) groups is 1. The zero-order valence-electron chi connectivity index (χ0n) is 15.2. The molecule has 0 aromatic carbocycles. The molecule has 1 aromatic rings. The molecule has 1 aromatic heterocycles. The van der Waals surface area contributed by atoms with Crippen LogP contribution in [0, 0.1) is 23.2 Å². The van der Waals surface area contributed by atoms with Crippen molar-refractivity contribution in [3.05, 3.63) is 22.4 Å². The summed E-state index contributed by atoms with van der Waals surface area (Å²) in [5.74, 6) is 1.70. The number of amides is 1. The van der Waals surface area contributed by atoms with Gasteiger partial charge in [-0.3, -0.25) is 14.7 Å². The average Bonchev–Trinajstić information content (AvgIpc) is 2.94. The Morgan fingerprint density at radius 3 is 2.50 bits per heavy atom. The Morgan fingerprint density at radius 1 is 1.27 bits per heavy atom. The van der Waals surface area contributed by atoms with Crippen LogP contribution in [0.4, 0.5) is 5.69 Å². The van der Waals surface area contributed by atoms with Crippen LogP contribution in [0.2, 0.25) is 0 Å². The highest BCUT2D eigenvalue weighted by atomic mass is 79.9. The molecule has 1 saturated heterocycles. The van der Waals surface area contributed by atoms with Crippen LogP contribution in [-0.4, -0.2) is 40.5 Å². The molecule has 3 fully saturated rings. The lowest BCUT2D eigenvalue weighted by Crippen LogP contribution is -2.63. The smallest absolute Gasteiger partial charge is 0.239 e. The fourth-order valence-electron chi connectivity index (χ4n) is 5.40. The molecule has 2 aliphatic heterocycles. The summed E-state index contributed by atoms with van der Waals surface area (Å²) < 4.78 is 0.883. The summed E-state index contributed by atoms with van der Waals surface area (Å²) in [6.45, 7) is 6.02. The Labute approximate surface area is 162 Å². The second-order valence-corrected chi connectivity index (χ2v) is 9.95. The molecule has 1 unspecified atom stereocenters. The first kappa shape index (κ1) is 16.7. The molecule has 0 spiro atoms. The van der Waals surface area contributed by atoms with E-state index in [0.29, 0.717) is 0 Å². The van der Waals surface area contributed by atoms with E-state index in [0.717, 1.165) is 53.6 Å². The number of rotatable bonds is 2. The quantitative estimate of drug-likeness (QED) is 0.744. The first-order valence-corrected chi connectivity index (χ1v) is 10.3. The number of anilines is 1. The Bertz CT molecular complexity index is 827. The third-order valence-corrected chi connectivity index (χ3v) is 7.68. The van der Waals surface area contributed by atoms with Crippen molar-refractivity contribution >= 4 is 27.5 Å². The standard InChI is InChI=1S/C20H23BrN4O/c1-19(2)17-16(5-14(21)8-23-17)25(18(19)26)15-6-20(7-15,11-22)24-9-12-3-4-13(12)10-24/h5,8,12-13,15H,3-4,6-7,9-10H2,1-2H3/t12-,13?,15?,20?/m1/s1. The van der Waals surface area contributed by atoms with Crippen molar-refractivity contribution in [2.24, 2.45) is 11.8 Å². The summed E-state index contributed by atoms with van der Waals surface area (Å²) >= 11 is 3.49. The van der Waals surface area contributed by atoms with Gasteiger partial charge < -0.3 is 4.90 Å². The topological polar surface area (TPSA) is 60.2 Å². The maximum Gasteiger partial charge on any atom is 0.239 e. The molecule has 5 rings (SSSR count). The van der Waals surface area contributed by atoms with Gasteiger partial charge in [0, 0.05) is 42.6 Å². The van der Waals surface area contributed by atoms with E-state index in [1.165, 1.54) is 12.8 Å². The molecule has 1 amide bonds. The van der Waals surface area contributed by atoms with Crippen molar-refractivity contribution < 1.29 is 4.79 Å². The largest absolute Gasteiger partial charge is 0.306 e. The van der Waals surface area contributed by atoms with Crippen molar-refractivity contribution in [2.45, 2.75) is 56.5 Å². The summed E-state index contributed by atoms with van der Waals surface area (Å²) in [6.07, 6.45) is 5.89. The third-order valence-electron chi connectivity index (χ3n) is 7.25. The van der Waals surface area contributed by atoms with Gasteiger partial charge in [-0.2, -0.15) is 5.26 Å². The van der Waals surface area contributed by atoms with Gasteiger partial charge in [0.1, 0.15) is 5.54 Å². The normalized spacial score (nSPS) is 37.5. The monoisotopic (exact) mass is 414 g/mol. The first-order valence-electron chi connectivity index (χ1n) is 9.52. The van der Waals surface area contributed by atoms with E-state index in [1.807, 2.05) is 24.8 Å². The number of halogens is 1. The van der Waals surface area contributed by atoms with E-state index < -0.39 is 5.41 Å². The van der Waals surface area contributed by atoms with E-state index in [4.69, 9.17) is 0 Å². The summed E-state index contributed by atoms with van der Waals surface area (Å²) in [6, 6.07) is 4.71. The van der Waals surface area contributed by atoms with Crippen molar-refractivity contribution in [1.29, 1.82) is 5.26 Å². The summed E-state index contributed by atoms with van der Waals surface area (Å²) in [7, 11) is 0. The number of nitriles is 1. The number of likely N-dealkylation sites (tertiary alicyclic amines) is 1. The van der Waals surface area contributed by atoms with Crippen LogP contribution in [0.25, 0.3) is 0 Å². The molecule has 136 valence electrons. The van der Waals surface area contributed by atoms with Crippen molar-refractivity contribution in [3.63, 3.8) is 0 Å². The molecule has 5 nitrogen and oxygen atoms in total. The number of hydrogen-bond donors (Lipinski definition) is 0. The molecular formula is C20H23BrN4O. The maximum atomic E-state index is 13.1. The van der Waals surface area contributed by atoms with Crippen molar-refractivity contribution in [3.8, 4) is 6.07 Å². The second kappa shape index (κ2) is 5.30. The lowest BCUT2D eigenvalue weighted by atomic mass is 9.71. The zero-order chi connectivity index (χ0) is 18.3. The molecule has 3 heterocycles. The van der Waals surface area contributed by atoms with Crippen molar-refractivity contribution in [1.82, 2.24) is 9.88 Å². The van der Waals surface area contributed by atoms with Gasteiger partial charge in [0.25, 0.3) is 0 Å². The molecule has 6 heteroatoms. The Kier molecular flexibility index (Phi) is 3.40. The van der Waals surface area contributed by atoms with E-state index in [2.05, 4.69) is 31.9 Å². The van der Waals surface area contributed by atoms with Crippen LogP contribution in [0.3, 0.4) is 0 Å². The van der Waals surface area contributed by atoms with Gasteiger partial charge in [-0.05, 0) is 60.5 Å². The van der Waals surface area contributed by atoms with Crippen LogP contribution < -0.4 is 4.90 Å². The van der Waals surface area contributed by atoms with Crippen molar-refractivity contribution in [2.75, 3.05) is 18.0 Å². The van der Waals surface area contributed by atoms with Gasteiger partial charge in [-0.15, -0.1) is 0 Å².